The maximum absolute atomic E-state index is 5.72. The number of aromatic nitrogens is 1. The summed E-state index contributed by atoms with van der Waals surface area (Å²) < 4.78 is 5.41. The van der Waals surface area contributed by atoms with Crippen LogP contribution in [-0.4, -0.2) is 31.3 Å². The van der Waals surface area contributed by atoms with Gasteiger partial charge in [0.15, 0.2) is 0 Å². The van der Waals surface area contributed by atoms with Crippen molar-refractivity contribution in [2.45, 2.75) is 13.0 Å². The summed E-state index contributed by atoms with van der Waals surface area (Å²) in [5.74, 6) is 0. The third-order valence-corrected chi connectivity index (χ3v) is 2.31. The van der Waals surface area contributed by atoms with Crippen molar-refractivity contribution >= 4 is 0 Å². The number of pyridine rings is 1. The number of nitrogens with one attached hydrogen (secondary N) is 1. The third-order valence-electron chi connectivity index (χ3n) is 2.31. The highest BCUT2D eigenvalue weighted by Crippen LogP contribution is 2.08. The number of rotatable bonds is 8. The molecule has 0 aliphatic heterocycles. The summed E-state index contributed by atoms with van der Waals surface area (Å²) in [5, 5.41) is 3.34. The first-order valence-electron chi connectivity index (χ1n) is 5.79. The summed E-state index contributed by atoms with van der Waals surface area (Å²) in [7, 11) is 0. The molecule has 94 valence electrons. The minimum Gasteiger partial charge on any atom is -0.376 e. The van der Waals surface area contributed by atoms with E-state index in [-0.39, 0.29) is 6.04 Å². The molecule has 0 fully saturated rings. The van der Waals surface area contributed by atoms with Gasteiger partial charge >= 0.3 is 0 Å². The smallest absolute Gasteiger partial charge is 0.0672 e. The van der Waals surface area contributed by atoms with E-state index in [2.05, 4.69) is 16.9 Å². The molecule has 4 nitrogen and oxygen atoms in total. The number of ether oxygens (including phenoxy) is 1. The molecule has 0 radical (unpaired) electrons. The molecule has 0 aromatic carbocycles. The molecule has 4 heteroatoms. The van der Waals surface area contributed by atoms with Gasteiger partial charge in [0.2, 0.25) is 0 Å². The zero-order valence-electron chi connectivity index (χ0n) is 10.4. The second-order valence-corrected chi connectivity index (χ2v) is 4.04. The van der Waals surface area contributed by atoms with Gasteiger partial charge in [-0.15, -0.1) is 0 Å². The Labute approximate surface area is 103 Å². The second-order valence-electron chi connectivity index (χ2n) is 4.04. The Kier molecular flexibility index (Phi) is 6.47. The molecule has 1 aromatic rings. The number of nitrogens with two attached hydrogens (primary N) is 1. The molecule has 1 unspecified atom stereocenters. The van der Waals surface area contributed by atoms with Crippen molar-refractivity contribution < 1.29 is 4.74 Å². The molecule has 0 aliphatic carbocycles. The first-order chi connectivity index (χ1) is 8.24. The van der Waals surface area contributed by atoms with Crippen molar-refractivity contribution in [1.82, 2.24) is 10.3 Å². The summed E-state index contributed by atoms with van der Waals surface area (Å²) in [6, 6.07) is 4.07. The van der Waals surface area contributed by atoms with Crippen LogP contribution in [0, 0.1) is 0 Å². The summed E-state index contributed by atoms with van der Waals surface area (Å²) in [5.41, 5.74) is 7.86. The summed E-state index contributed by atoms with van der Waals surface area (Å²) in [6.45, 7) is 8.31. The van der Waals surface area contributed by atoms with Crippen LogP contribution in [0.4, 0.5) is 0 Å². The fraction of sp³-hybridized carbons (Fsp3) is 0.462. The molecule has 0 amide bonds. The van der Waals surface area contributed by atoms with Crippen molar-refractivity contribution in [2.24, 2.45) is 5.73 Å². The van der Waals surface area contributed by atoms with Gasteiger partial charge in [0, 0.05) is 31.5 Å². The number of nitrogens with zero attached hydrogens (tertiary/aromatic N) is 1. The van der Waals surface area contributed by atoms with Gasteiger partial charge in [-0.25, -0.2) is 0 Å². The fourth-order valence-corrected chi connectivity index (χ4v) is 1.47. The molecule has 0 saturated carbocycles. The first-order valence-corrected chi connectivity index (χ1v) is 5.79. The van der Waals surface area contributed by atoms with Gasteiger partial charge in [0.25, 0.3) is 0 Å². The Morgan fingerprint density at radius 3 is 3.06 bits per heavy atom. The Morgan fingerprint density at radius 1 is 1.65 bits per heavy atom. The van der Waals surface area contributed by atoms with Crippen molar-refractivity contribution in [3.8, 4) is 0 Å². The molecule has 0 aliphatic rings. The van der Waals surface area contributed by atoms with Crippen LogP contribution in [-0.2, 0) is 4.74 Å². The van der Waals surface area contributed by atoms with E-state index < -0.39 is 0 Å². The van der Waals surface area contributed by atoms with Crippen molar-refractivity contribution in [3.05, 3.63) is 42.2 Å². The maximum atomic E-state index is 5.72. The minimum atomic E-state index is 0.136. The van der Waals surface area contributed by atoms with Gasteiger partial charge in [-0.1, -0.05) is 18.2 Å². The van der Waals surface area contributed by atoms with Gasteiger partial charge in [-0.2, -0.15) is 0 Å². The van der Waals surface area contributed by atoms with E-state index in [1.54, 1.807) is 6.20 Å². The van der Waals surface area contributed by atoms with E-state index in [4.69, 9.17) is 10.5 Å². The van der Waals surface area contributed by atoms with Crippen LogP contribution in [0.15, 0.2) is 36.7 Å². The number of hydrogen-bond donors (Lipinski definition) is 2. The normalized spacial score (nSPS) is 12.4. The van der Waals surface area contributed by atoms with Gasteiger partial charge in [-0.05, 0) is 18.6 Å². The third kappa shape index (κ3) is 5.58. The lowest BCUT2D eigenvalue weighted by Crippen LogP contribution is -2.31. The summed E-state index contributed by atoms with van der Waals surface area (Å²) in [6.07, 6.45) is 3.59. The fourth-order valence-electron chi connectivity index (χ4n) is 1.47. The Balaban J connectivity index is 2.26. The van der Waals surface area contributed by atoms with Crippen LogP contribution in [0.5, 0.6) is 0 Å². The summed E-state index contributed by atoms with van der Waals surface area (Å²) >= 11 is 0. The molecule has 3 N–H and O–H groups in total. The topological polar surface area (TPSA) is 60.2 Å². The molecule has 17 heavy (non-hydrogen) atoms. The Hall–Kier alpha value is -1.23. The Morgan fingerprint density at radius 2 is 2.47 bits per heavy atom. The highest BCUT2D eigenvalue weighted by molar-refractivity contribution is 5.14. The minimum absolute atomic E-state index is 0.136. The SMILES string of the molecule is C=C(C)COCCNC(CN)c1cccnc1. The first kappa shape index (κ1) is 13.8. The van der Waals surface area contributed by atoms with Crippen LogP contribution in [0.1, 0.15) is 18.5 Å². The van der Waals surface area contributed by atoms with Gasteiger partial charge in [-0.3, -0.25) is 4.98 Å². The molecule has 1 aromatic heterocycles. The predicted octanol–water partition coefficient (Wildman–Crippen LogP) is 1.26. The van der Waals surface area contributed by atoms with E-state index in [0.717, 1.165) is 17.7 Å². The van der Waals surface area contributed by atoms with Crippen molar-refractivity contribution in [1.29, 1.82) is 0 Å². The molecule has 1 atom stereocenters. The lowest BCUT2D eigenvalue weighted by atomic mass is 10.1. The zero-order valence-corrected chi connectivity index (χ0v) is 10.4. The lowest BCUT2D eigenvalue weighted by molar-refractivity contribution is 0.155. The lowest BCUT2D eigenvalue weighted by Gasteiger charge is -2.16. The predicted molar refractivity (Wildman–Crippen MR) is 69.7 cm³/mol. The molecular weight excluding hydrogens is 214 g/mol. The largest absolute Gasteiger partial charge is 0.376 e. The molecular formula is C13H21N3O. The average molecular weight is 235 g/mol. The molecule has 1 heterocycles. The average Bonchev–Trinajstić information content (AvgIpc) is 2.34. The van der Waals surface area contributed by atoms with Crippen molar-refractivity contribution in [3.63, 3.8) is 0 Å². The van der Waals surface area contributed by atoms with E-state index in [1.807, 2.05) is 25.3 Å². The standard InChI is InChI=1S/C13H21N3O/c1-11(2)10-17-7-6-16-13(8-14)12-4-3-5-15-9-12/h3-5,9,13,16H,1,6-8,10,14H2,2H3. The van der Waals surface area contributed by atoms with Gasteiger partial charge < -0.3 is 15.8 Å². The van der Waals surface area contributed by atoms with Crippen LogP contribution in [0.25, 0.3) is 0 Å². The zero-order chi connectivity index (χ0) is 12.5. The van der Waals surface area contributed by atoms with Gasteiger partial charge in [0.1, 0.15) is 0 Å². The Bertz CT molecular complexity index is 327. The second kappa shape index (κ2) is 7.95. The van der Waals surface area contributed by atoms with Crippen LogP contribution >= 0.6 is 0 Å². The monoisotopic (exact) mass is 235 g/mol. The highest BCUT2D eigenvalue weighted by Gasteiger charge is 2.07. The van der Waals surface area contributed by atoms with E-state index in [9.17, 15) is 0 Å². The maximum Gasteiger partial charge on any atom is 0.0672 e. The molecule has 0 bridgehead atoms. The summed E-state index contributed by atoms with van der Waals surface area (Å²) in [4.78, 5) is 4.08. The molecule has 1 rings (SSSR count). The van der Waals surface area contributed by atoms with Crippen molar-refractivity contribution in [2.75, 3.05) is 26.3 Å². The van der Waals surface area contributed by atoms with E-state index >= 15 is 0 Å². The van der Waals surface area contributed by atoms with E-state index in [1.165, 1.54) is 0 Å². The highest BCUT2D eigenvalue weighted by atomic mass is 16.5. The van der Waals surface area contributed by atoms with E-state index in [0.29, 0.717) is 19.8 Å². The number of hydrogen-bond acceptors (Lipinski definition) is 4. The van der Waals surface area contributed by atoms with Crippen LogP contribution in [0.2, 0.25) is 0 Å². The molecule has 0 saturated heterocycles. The molecule has 0 spiro atoms. The van der Waals surface area contributed by atoms with Gasteiger partial charge in [0.05, 0.1) is 13.2 Å². The van der Waals surface area contributed by atoms with Crippen LogP contribution in [0.3, 0.4) is 0 Å². The quantitative estimate of drug-likeness (QED) is 0.526. The van der Waals surface area contributed by atoms with Crippen LogP contribution < -0.4 is 11.1 Å².